The smallest absolute Gasteiger partial charge is 0.159 e. The van der Waals surface area contributed by atoms with Crippen molar-refractivity contribution in [1.29, 1.82) is 0 Å². The molecule has 15 heavy (non-hydrogen) atoms. The molecule has 1 saturated heterocycles. The zero-order chi connectivity index (χ0) is 10.5. The van der Waals surface area contributed by atoms with E-state index in [2.05, 4.69) is 4.98 Å². The summed E-state index contributed by atoms with van der Waals surface area (Å²) in [5.41, 5.74) is 7.15. The molecule has 2 rings (SSSR count). The van der Waals surface area contributed by atoms with E-state index in [1.54, 1.807) is 6.20 Å². The zero-order valence-electron chi connectivity index (χ0n) is 8.63. The average molecular weight is 208 g/mol. The van der Waals surface area contributed by atoms with E-state index in [9.17, 15) is 0 Å². The Labute approximate surface area is 89.4 Å². The first-order chi connectivity index (χ1) is 7.34. The fourth-order valence-corrected chi connectivity index (χ4v) is 1.70. The number of ether oxygens (including phenoxy) is 2. The maximum absolute atomic E-state index is 6.00. The molecule has 0 spiro atoms. The third kappa shape index (κ3) is 3.27. The Bertz CT molecular complexity index is 286. The molecule has 1 aromatic heterocycles. The monoisotopic (exact) mass is 208 g/mol. The second-order valence-corrected chi connectivity index (χ2v) is 3.73. The van der Waals surface area contributed by atoms with Crippen molar-refractivity contribution < 1.29 is 9.47 Å². The predicted molar refractivity (Wildman–Crippen MR) is 56.2 cm³/mol. The Balaban J connectivity index is 1.79. The molecule has 2 N–H and O–H groups in total. The van der Waals surface area contributed by atoms with Gasteiger partial charge in [0, 0.05) is 24.9 Å². The first kappa shape index (κ1) is 10.5. The molecule has 1 aliphatic heterocycles. The van der Waals surface area contributed by atoms with Gasteiger partial charge in [-0.15, -0.1) is 0 Å². The first-order valence-electron chi connectivity index (χ1n) is 5.22. The minimum Gasteiger partial charge on any atom is -0.350 e. The van der Waals surface area contributed by atoms with Crippen LogP contribution in [0.5, 0.6) is 0 Å². The van der Waals surface area contributed by atoms with E-state index in [1.165, 1.54) is 0 Å². The summed E-state index contributed by atoms with van der Waals surface area (Å²) in [6.07, 6.45) is 5.05. The molecule has 1 aliphatic rings. The van der Waals surface area contributed by atoms with Crippen LogP contribution in [0.1, 0.15) is 12.0 Å². The van der Waals surface area contributed by atoms with Gasteiger partial charge in [0.1, 0.15) is 0 Å². The highest BCUT2D eigenvalue weighted by atomic mass is 16.7. The van der Waals surface area contributed by atoms with Crippen LogP contribution in [0, 0.1) is 0 Å². The van der Waals surface area contributed by atoms with E-state index >= 15 is 0 Å². The third-order valence-electron chi connectivity index (χ3n) is 2.41. The van der Waals surface area contributed by atoms with E-state index in [0.29, 0.717) is 13.2 Å². The molecule has 82 valence electrons. The van der Waals surface area contributed by atoms with Gasteiger partial charge in [0.25, 0.3) is 0 Å². The van der Waals surface area contributed by atoms with Gasteiger partial charge in [0.2, 0.25) is 0 Å². The number of hydrogen-bond donors (Lipinski definition) is 1. The Morgan fingerprint density at radius 3 is 2.93 bits per heavy atom. The van der Waals surface area contributed by atoms with Crippen molar-refractivity contribution in [1.82, 2.24) is 4.98 Å². The molecule has 2 heterocycles. The Morgan fingerprint density at radius 1 is 1.47 bits per heavy atom. The standard InChI is InChI=1S/C11H16N2O2/c12-10(7-11-14-4-5-15-11)6-9-2-1-3-13-8-9/h1-3,8,10-11H,4-7,12H2. The van der Waals surface area contributed by atoms with Gasteiger partial charge < -0.3 is 15.2 Å². The highest BCUT2D eigenvalue weighted by molar-refractivity contribution is 5.09. The van der Waals surface area contributed by atoms with Gasteiger partial charge in [0.05, 0.1) is 13.2 Å². The van der Waals surface area contributed by atoms with Crippen molar-refractivity contribution in [2.24, 2.45) is 5.73 Å². The summed E-state index contributed by atoms with van der Waals surface area (Å²) in [4.78, 5) is 4.05. The van der Waals surface area contributed by atoms with Gasteiger partial charge in [-0.05, 0) is 18.1 Å². The lowest BCUT2D eigenvalue weighted by Gasteiger charge is -2.15. The lowest BCUT2D eigenvalue weighted by Crippen LogP contribution is -2.28. The molecular formula is C11H16N2O2. The molecule has 1 unspecified atom stereocenters. The number of pyridine rings is 1. The quantitative estimate of drug-likeness (QED) is 0.792. The van der Waals surface area contributed by atoms with E-state index in [1.807, 2.05) is 18.3 Å². The van der Waals surface area contributed by atoms with Crippen molar-refractivity contribution >= 4 is 0 Å². The molecule has 0 aromatic carbocycles. The fourth-order valence-electron chi connectivity index (χ4n) is 1.70. The number of aromatic nitrogens is 1. The number of hydrogen-bond acceptors (Lipinski definition) is 4. The molecule has 0 bridgehead atoms. The van der Waals surface area contributed by atoms with Gasteiger partial charge in [-0.25, -0.2) is 0 Å². The van der Waals surface area contributed by atoms with E-state index in [-0.39, 0.29) is 12.3 Å². The molecule has 1 atom stereocenters. The minimum absolute atomic E-state index is 0.0669. The average Bonchev–Trinajstić information content (AvgIpc) is 2.71. The van der Waals surface area contributed by atoms with E-state index in [4.69, 9.17) is 15.2 Å². The second-order valence-electron chi connectivity index (χ2n) is 3.73. The molecule has 4 heteroatoms. The molecule has 0 saturated carbocycles. The van der Waals surface area contributed by atoms with Crippen LogP contribution in [0.3, 0.4) is 0 Å². The number of nitrogens with two attached hydrogens (primary N) is 1. The minimum atomic E-state index is -0.114. The van der Waals surface area contributed by atoms with Crippen LogP contribution in [0.2, 0.25) is 0 Å². The largest absolute Gasteiger partial charge is 0.350 e. The van der Waals surface area contributed by atoms with Crippen LogP contribution in [0.4, 0.5) is 0 Å². The summed E-state index contributed by atoms with van der Waals surface area (Å²) in [7, 11) is 0. The molecule has 1 fully saturated rings. The normalized spacial score (nSPS) is 19.3. The van der Waals surface area contributed by atoms with Crippen LogP contribution < -0.4 is 5.73 Å². The first-order valence-corrected chi connectivity index (χ1v) is 5.22. The van der Waals surface area contributed by atoms with Crippen molar-refractivity contribution in [2.45, 2.75) is 25.2 Å². The summed E-state index contributed by atoms with van der Waals surface area (Å²) in [5.74, 6) is 0. The number of nitrogens with zero attached hydrogens (tertiary/aromatic N) is 1. The summed E-state index contributed by atoms with van der Waals surface area (Å²) in [6.45, 7) is 1.37. The molecule has 1 aromatic rings. The van der Waals surface area contributed by atoms with Gasteiger partial charge in [-0.2, -0.15) is 0 Å². The van der Waals surface area contributed by atoms with Crippen LogP contribution >= 0.6 is 0 Å². The van der Waals surface area contributed by atoms with E-state index < -0.39 is 0 Å². The van der Waals surface area contributed by atoms with Crippen LogP contribution in [-0.2, 0) is 15.9 Å². The summed E-state index contributed by atoms with van der Waals surface area (Å²) in [6, 6.07) is 4.02. The summed E-state index contributed by atoms with van der Waals surface area (Å²) < 4.78 is 10.7. The maximum Gasteiger partial charge on any atom is 0.159 e. The summed E-state index contributed by atoms with van der Waals surface area (Å²) in [5, 5.41) is 0. The lowest BCUT2D eigenvalue weighted by atomic mass is 10.1. The van der Waals surface area contributed by atoms with Crippen molar-refractivity contribution in [3.05, 3.63) is 30.1 Å². The number of rotatable bonds is 4. The van der Waals surface area contributed by atoms with Crippen molar-refractivity contribution in [3.8, 4) is 0 Å². The topological polar surface area (TPSA) is 57.4 Å². The van der Waals surface area contributed by atoms with Crippen LogP contribution in [-0.4, -0.2) is 30.5 Å². The maximum atomic E-state index is 6.00. The Morgan fingerprint density at radius 2 is 2.27 bits per heavy atom. The Kier molecular flexibility index (Phi) is 3.66. The van der Waals surface area contributed by atoms with Gasteiger partial charge in [-0.1, -0.05) is 6.07 Å². The zero-order valence-corrected chi connectivity index (χ0v) is 8.63. The highest BCUT2D eigenvalue weighted by Gasteiger charge is 2.19. The molecule has 0 aliphatic carbocycles. The third-order valence-corrected chi connectivity index (χ3v) is 2.41. The highest BCUT2D eigenvalue weighted by Crippen LogP contribution is 2.12. The molecule has 0 radical (unpaired) electrons. The molecule has 4 nitrogen and oxygen atoms in total. The van der Waals surface area contributed by atoms with Crippen molar-refractivity contribution in [2.75, 3.05) is 13.2 Å². The summed E-state index contributed by atoms with van der Waals surface area (Å²) >= 11 is 0. The van der Waals surface area contributed by atoms with Gasteiger partial charge >= 0.3 is 0 Å². The van der Waals surface area contributed by atoms with Crippen LogP contribution in [0.25, 0.3) is 0 Å². The molecule has 0 amide bonds. The van der Waals surface area contributed by atoms with Crippen molar-refractivity contribution in [3.63, 3.8) is 0 Å². The molecular weight excluding hydrogens is 192 g/mol. The Hall–Kier alpha value is -0.970. The van der Waals surface area contributed by atoms with E-state index in [0.717, 1.165) is 18.4 Å². The van der Waals surface area contributed by atoms with Gasteiger partial charge in [0.15, 0.2) is 6.29 Å². The SMILES string of the molecule is NC(Cc1cccnc1)CC1OCCO1. The second kappa shape index (κ2) is 5.21. The lowest BCUT2D eigenvalue weighted by molar-refractivity contribution is -0.0504. The predicted octanol–water partition coefficient (Wildman–Crippen LogP) is 0.714. The van der Waals surface area contributed by atoms with Crippen LogP contribution in [0.15, 0.2) is 24.5 Å². The van der Waals surface area contributed by atoms with Gasteiger partial charge in [-0.3, -0.25) is 4.98 Å². The fraction of sp³-hybridized carbons (Fsp3) is 0.545.